The lowest BCUT2D eigenvalue weighted by Gasteiger charge is -2.10. The predicted octanol–water partition coefficient (Wildman–Crippen LogP) is 1.93. The third-order valence-corrected chi connectivity index (χ3v) is 3.11. The quantitative estimate of drug-likeness (QED) is 0.492. The molecular formula is C17H16FN3O4. The Hall–Kier alpha value is -3.42. The molecule has 0 spiro atoms. The van der Waals surface area contributed by atoms with Crippen LogP contribution in [0.5, 0.6) is 11.5 Å². The largest absolute Gasteiger partial charge is 0.497 e. The molecule has 7 nitrogen and oxygen atoms in total. The van der Waals surface area contributed by atoms with Gasteiger partial charge in [0.15, 0.2) is 0 Å². The van der Waals surface area contributed by atoms with Crippen LogP contribution in [0.2, 0.25) is 0 Å². The van der Waals surface area contributed by atoms with Crippen molar-refractivity contribution in [2.24, 2.45) is 5.10 Å². The summed E-state index contributed by atoms with van der Waals surface area (Å²) in [7, 11) is 2.93. The van der Waals surface area contributed by atoms with Crippen LogP contribution in [0.4, 0.5) is 10.1 Å². The van der Waals surface area contributed by atoms with E-state index in [-0.39, 0.29) is 5.82 Å². The van der Waals surface area contributed by atoms with Gasteiger partial charge in [-0.1, -0.05) is 12.1 Å². The first-order valence-electron chi connectivity index (χ1n) is 7.15. The molecule has 0 heterocycles. The van der Waals surface area contributed by atoms with Crippen LogP contribution >= 0.6 is 0 Å². The van der Waals surface area contributed by atoms with E-state index in [1.165, 1.54) is 44.7 Å². The lowest BCUT2D eigenvalue weighted by atomic mass is 10.2. The molecule has 0 aliphatic rings. The molecule has 0 bridgehead atoms. The number of methoxy groups -OCH3 is 2. The highest BCUT2D eigenvalue weighted by Crippen LogP contribution is 2.28. The highest BCUT2D eigenvalue weighted by atomic mass is 19.1. The molecule has 0 fully saturated rings. The summed E-state index contributed by atoms with van der Waals surface area (Å²) in [4.78, 5) is 23.6. The number of halogens is 1. The molecule has 0 saturated heterocycles. The normalized spacial score (nSPS) is 10.4. The van der Waals surface area contributed by atoms with Gasteiger partial charge < -0.3 is 14.8 Å². The zero-order valence-electron chi connectivity index (χ0n) is 13.6. The predicted molar refractivity (Wildman–Crippen MR) is 90.3 cm³/mol. The minimum atomic E-state index is -0.962. The van der Waals surface area contributed by atoms with E-state index in [2.05, 4.69) is 15.8 Å². The average molecular weight is 345 g/mol. The molecule has 2 amide bonds. The van der Waals surface area contributed by atoms with Crippen LogP contribution in [0, 0.1) is 5.82 Å². The first-order chi connectivity index (χ1) is 12.0. The Balaban J connectivity index is 1.96. The number of rotatable bonds is 5. The third kappa shape index (κ3) is 5.03. The number of ether oxygens (including phenoxy) is 2. The topological polar surface area (TPSA) is 89.0 Å². The number of hydrogen-bond acceptors (Lipinski definition) is 5. The van der Waals surface area contributed by atoms with E-state index in [0.717, 1.165) is 0 Å². The van der Waals surface area contributed by atoms with Crippen molar-refractivity contribution in [1.82, 2.24) is 5.43 Å². The van der Waals surface area contributed by atoms with Crippen LogP contribution in [-0.4, -0.2) is 32.2 Å². The molecule has 0 atom stereocenters. The number of hydrazone groups is 1. The molecular weight excluding hydrogens is 329 g/mol. The number of anilines is 1. The van der Waals surface area contributed by atoms with E-state index < -0.39 is 11.8 Å². The van der Waals surface area contributed by atoms with E-state index in [1.54, 1.807) is 18.2 Å². The summed E-state index contributed by atoms with van der Waals surface area (Å²) in [6, 6.07) is 10.2. The maximum atomic E-state index is 12.8. The van der Waals surface area contributed by atoms with Crippen molar-refractivity contribution < 1.29 is 23.5 Å². The van der Waals surface area contributed by atoms with Gasteiger partial charge in [-0.05, 0) is 29.8 Å². The van der Waals surface area contributed by atoms with Gasteiger partial charge >= 0.3 is 11.8 Å². The number of nitrogens with one attached hydrogen (secondary N) is 2. The van der Waals surface area contributed by atoms with Crippen LogP contribution in [0.15, 0.2) is 47.6 Å². The molecule has 0 radical (unpaired) electrons. The molecule has 2 aromatic rings. The summed E-state index contributed by atoms with van der Waals surface area (Å²) in [6.45, 7) is 0. The third-order valence-electron chi connectivity index (χ3n) is 3.11. The van der Waals surface area contributed by atoms with Crippen LogP contribution < -0.4 is 20.2 Å². The van der Waals surface area contributed by atoms with Gasteiger partial charge in [-0.25, -0.2) is 9.82 Å². The van der Waals surface area contributed by atoms with Crippen LogP contribution in [0.1, 0.15) is 5.56 Å². The number of nitrogens with zero attached hydrogens (tertiary/aromatic N) is 1. The second-order valence-corrected chi connectivity index (χ2v) is 4.77. The van der Waals surface area contributed by atoms with E-state index in [1.807, 2.05) is 0 Å². The zero-order valence-corrected chi connectivity index (χ0v) is 13.6. The fourth-order valence-corrected chi connectivity index (χ4v) is 1.85. The molecule has 2 N–H and O–H groups in total. The highest BCUT2D eigenvalue weighted by molar-refractivity contribution is 6.39. The first-order valence-corrected chi connectivity index (χ1v) is 7.15. The Morgan fingerprint density at radius 2 is 1.76 bits per heavy atom. The molecule has 2 aromatic carbocycles. The highest BCUT2D eigenvalue weighted by Gasteiger charge is 2.15. The maximum absolute atomic E-state index is 12.8. The Labute approximate surface area is 143 Å². The molecule has 25 heavy (non-hydrogen) atoms. The Bertz CT molecular complexity index is 791. The van der Waals surface area contributed by atoms with Crippen molar-refractivity contribution >= 4 is 23.7 Å². The summed E-state index contributed by atoms with van der Waals surface area (Å²) < 4.78 is 23.0. The minimum Gasteiger partial charge on any atom is -0.497 e. The van der Waals surface area contributed by atoms with Gasteiger partial charge in [-0.2, -0.15) is 5.10 Å². The molecule has 130 valence electrons. The van der Waals surface area contributed by atoms with Crippen LogP contribution in [0.25, 0.3) is 0 Å². The SMILES string of the molecule is COc1ccc(NC(=O)C(=O)N/N=C/c2ccc(F)cc2)c(OC)c1. The van der Waals surface area contributed by atoms with Crippen molar-refractivity contribution in [3.8, 4) is 11.5 Å². The number of carbonyl (C=O) groups excluding carboxylic acids is 2. The molecule has 0 unspecified atom stereocenters. The fourth-order valence-electron chi connectivity index (χ4n) is 1.85. The Kier molecular flexibility index (Phi) is 6.05. The van der Waals surface area contributed by atoms with Gasteiger partial charge in [0.1, 0.15) is 17.3 Å². The monoisotopic (exact) mass is 345 g/mol. The van der Waals surface area contributed by atoms with Crippen LogP contribution in [0.3, 0.4) is 0 Å². The maximum Gasteiger partial charge on any atom is 0.329 e. The van der Waals surface area contributed by atoms with Gasteiger partial charge in [-0.15, -0.1) is 0 Å². The lowest BCUT2D eigenvalue weighted by molar-refractivity contribution is -0.136. The van der Waals surface area contributed by atoms with Crippen molar-refractivity contribution in [2.75, 3.05) is 19.5 Å². The molecule has 0 aromatic heterocycles. The summed E-state index contributed by atoms with van der Waals surface area (Å²) in [5, 5.41) is 6.06. The minimum absolute atomic E-state index is 0.311. The number of amides is 2. The average Bonchev–Trinajstić information content (AvgIpc) is 2.63. The summed E-state index contributed by atoms with van der Waals surface area (Å²) in [5.74, 6) is -1.37. The van der Waals surface area contributed by atoms with Gasteiger partial charge in [0.2, 0.25) is 0 Å². The van der Waals surface area contributed by atoms with Gasteiger partial charge in [-0.3, -0.25) is 9.59 Å². The van der Waals surface area contributed by atoms with Gasteiger partial charge in [0.05, 0.1) is 26.1 Å². The number of hydrogen-bond donors (Lipinski definition) is 2. The molecule has 8 heteroatoms. The molecule has 0 aliphatic carbocycles. The summed E-state index contributed by atoms with van der Waals surface area (Å²) in [6.07, 6.45) is 1.29. The smallest absolute Gasteiger partial charge is 0.329 e. The Morgan fingerprint density at radius 1 is 1.04 bits per heavy atom. The van der Waals surface area contributed by atoms with E-state index in [4.69, 9.17) is 9.47 Å². The van der Waals surface area contributed by atoms with Crippen molar-refractivity contribution in [1.29, 1.82) is 0 Å². The van der Waals surface area contributed by atoms with Gasteiger partial charge in [0, 0.05) is 6.07 Å². The second kappa shape index (κ2) is 8.44. The van der Waals surface area contributed by atoms with E-state index in [0.29, 0.717) is 22.7 Å². The van der Waals surface area contributed by atoms with E-state index >= 15 is 0 Å². The van der Waals surface area contributed by atoms with Crippen molar-refractivity contribution in [2.45, 2.75) is 0 Å². The fraction of sp³-hybridized carbons (Fsp3) is 0.118. The summed E-state index contributed by atoms with van der Waals surface area (Å²) >= 11 is 0. The number of carbonyl (C=O) groups is 2. The first kappa shape index (κ1) is 17.9. The van der Waals surface area contributed by atoms with Crippen LogP contribution in [-0.2, 0) is 9.59 Å². The molecule has 2 rings (SSSR count). The second-order valence-electron chi connectivity index (χ2n) is 4.77. The summed E-state index contributed by atoms with van der Waals surface area (Å²) in [5.41, 5.74) is 2.96. The van der Waals surface area contributed by atoms with Crippen molar-refractivity contribution in [3.05, 3.63) is 53.8 Å². The standard InChI is InChI=1S/C17H16FN3O4/c1-24-13-7-8-14(15(9-13)25-2)20-16(22)17(23)21-19-10-11-3-5-12(18)6-4-11/h3-10H,1-2H3,(H,20,22)(H,21,23)/b19-10+. The zero-order chi connectivity index (χ0) is 18.2. The number of benzene rings is 2. The molecule has 0 aliphatic heterocycles. The van der Waals surface area contributed by atoms with Crippen molar-refractivity contribution in [3.63, 3.8) is 0 Å². The Morgan fingerprint density at radius 3 is 2.40 bits per heavy atom. The lowest BCUT2D eigenvalue weighted by Crippen LogP contribution is -2.32. The molecule has 0 saturated carbocycles. The van der Waals surface area contributed by atoms with Gasteiger partial charge in [0.25, 0.3) is 0 Å². The van der Waals surface area contributed by atoms with E-state index in [9.17, 15) is 14.0 Å².